The fraction of sp³-hybridized carbons (Fsp3) is 0. The van der Waals surface area contributed by atoms with Crippen molar-refractivity contribution in [3.8, 4) is 0 Å². The third-order valence-electron chi connectivity index (χ3n) is 0. The monoisotopic (exact) mass is 767 g/mol. The van der Waals surface area contributed by atoms with Gasteiger partial charge < -0.3 is 0 Å². The van der Waals surface area contributed by atoms with Gasteiger partial charge in [-0.2, -0.15) is 0 Å². The maximum absolute atomic E-state index is 0. The second-order valence-corrected chi connectivity index (χ2v) is 0. The summed E-state index contributed by atoms with van der Waals surface area (Å²) in [6.45, 7) is 0. The standard InChI is InChI=1S/5Se.2W. The van der Waals surface area contributed by atoms with Crippen molar-refractivity contribution < 1.29 is 42.1 Å². The van der Waals surface area contributed by atoms with Crippen LogP contribution in [0.1, 0.15) is 0 Å². The van der Waals surface area contributed by atoms with Crippen LogP contribution in [0.15, 0.2) is 0 Å². The summed E-state index contributed by atoms with van der Waals surface area (Å²) in [6.07, 6.45) is 0. The molecule has 0 spiro atoms. The van der Waals surface area contributed by atoms with Gasteiger partial charge in [0.1, 0.15) is 0 Å². The molecular weight excluding hydrogens is 762 g/mol. The molecule has 0 heterocycles. The molecule has 0 bridgehead atoms. The van der Waals surface area contributed by atoms with E-state index in [0.717, 1.165) is 0 Å². The van der Waals surface area contributed by atoms with E-state index in [4.69, 9.17) is 0 Å². The molecule has 0 fully saturated rings. The SMILES string of the molecule is [Se].[Se].[Se].[Se].[Se].[W].[W]. The Morgan fingerprint density at radius 3 is 0.286 bits per heavy atom. The minimum Gasteiger partial charge on any atom is 0 e. The van der Waals surface area contributed by atoms with Crippen LogP contribution in [-0.4, -0.2) is 85.3 Å². The van der Waals surface area contributed by atoms with Gasteiger partial charge >= 0.3 is 0 Å². The van der Waals surface area contributed by atoms with Crippen molar-refractivity contribution in [2.75, 3.05) is 0 Å². The largest absolute Gasteiger partial charge is 0 e. The molecule has 0 rings (SSSR count). The second-order valence-electron chi connectivity index (χ2n) is 0. The van der Waals surface area contributed by atoms with E-state index in [0.29, 0.717) is 0 Å². The van der Waals surface area contributed by atoms with Crippen LogP contribution in [0.25, 0.3) is 0 Å². The van der Waals surface area contributed by atoms with Crippen LogP contribution in [0.2, 0.25) is 0 Å². The first-order valence-corrected chi connectivity index (χ1v) is 0. The van der Waals surface area contributed by atoms with Crippen LogP contribution in [0, 0.1) is 0 Å². The van der Waals surface area contributed by atoms with Crippen molar-refractivity contribution in [2.24, 2.45) is 0 Å². The smallest absolute Gasteiger partial charge is 0 e. The molecule has 7 heteroatoms. The minimum atomic E-state index is 0. The maximum atomic E-state index is 0. The van der Waals surface area contributed by atoms with E-state index in [1.807, 2.05) is 0 Å². The molecule has 0 aromatic carbocycles. The number of hydrogen-bond donors (Lipinski definition) is 0. The Hall–Kier alpha value is 3.97. The van der Waals surface area contributed by atoms with Crippen LogP contribution < -0.4 is 0 Å². The third-order valence-corrected chi connectivity index (χ3v) is 0. The van der Waals surface area contributed by atoms with Gasteiger partial charge in [-0.3, -0.25) is 0 Å². The van der Waals surface area contributed by atoms with Crippen LogP contribution in [0.3, 0.4) is 0 Å². The van der Waals surface area contributed by atoms with Crippen LogP contribution in [0.4, 0.5) is 0 Å². The molecule has 10 radical (unpaired) electrons. The van der Waals surface area contributed by atoms with Crippen molar-refractivity contribution in [1.82, 2.24) is 0 Å². The van der Waals surface area contributed by atoms with Gasteiger partial charge in [0, 0.05) is 127 Å². The molecule has 0 saturated heterocycles. The fourth-order valence-electron chi connectivity index (χ4n) is 0. The number of rotatable bonds is 0. The summed E-state index contributed by atoms with van der Waals surface area (Å²) in [5, 5.41) is 0. The zero-order valence-corrected chi connectivity index (χ0v) is 17.3. The van der Waals surface area contributed by atoms with Gasteiger partial charge in [0.2, 0.25) is 0 Å². The normalized spacial score (nSPS) is 0. The molecule has 0 unspecified atom stereocenters. The summed E-state index contributed by atoms with van der Waals surface area (Å²) in [5.41, 5.74) is 0. The molecule has 0 aromatic heterocycles. The first-order valence-electron chi connectivity index (χ1n) is 0. The Balaban J connectivity index is 0. The van der Waals surface area contributed by atoms with E-state index in [-0.39, 0.29) is 127 Å². The molecule has 7 heavy (non-hydrogen) atoms. The van der Waals surface area contributed by atoms with Crippen LogP contribution in [-0.2, 0) is 42.1 Å². The van der Waals surface area contributed by atoms with Crippen molar-refractivity contribution in [3.63, 3.8) is 0 Å². The average Bonchev–Trinajstić information content (AvgIpc) is 0. The molecule has 0 nitrogen and oxygen atoms in total. The Labute approximate surface area is 125 Å². The molecule has 0 saturated carbocycles. The van der Waals surface area contributed by atoms with Gasteiger partial charge in [-0.15, -0.1) is 0 Å². The summed E-state index contributed by atoms with van der Waals surface area (Å²) in [5.74, 6) is 0. The molecule has 0 aliphatic carbocycles. The van der Waals surface area contributed by atoms with E-state index < -0.39 is 0 Å². The molecule has 42 valence electrons. The van der Waals surface area contributed by atoms with Gasteiger partial charge in [-0.25, -0.2) is 0 Å². The first-order chi connectivity index (χ1) is 0. The molecule has 0 amide bonds. The molecule has 0 aliphatic rings. The van der Waals surface area contributed by atoms with Crippen LogP contribution in [0.5, 0.6) is 0 Å². The van der Waals surface area contributed by atoms with Gasteiger partial charge in [0.15, 0.2) is 0 Å². The van der Waals surface area contributed by atoms with E-state index >= 15 is 0 Å². The Morgan fingerprint density at radius 1 is 0.286 bits per heavy atom. The second kappa shape index (κ2) is 50.9. The zero-order valence-electron chi connectivity index (χ0n) is 2.86. The Kier molecular flexibility index (Phi) is 502. The minimum absolute atomic E-state index is 0. The number of hydrogen-bond acceptors (Lipinski definition) is 0. The Bertz CT molecular complexity index is 6.04. The summed E-state index contributed by atoms with van der Waals surface area (Å²) in [7, 11) is 0. The topological polar surface area (TPSA) is 0 Å². The summed E-state index contributed by atoms with van der Waals surface area (Å²) >= 11 is 0. The molecule has 0 aliphatic heterocycles. The third kappa shape index (κ3) is 40.2. The molecule has 0 aromatic rings. The van der Waals surface area contributed by atoms with Crippen LogP contribution >= 0.6 is 0 Å². The van der Waals surface area contributed by atoms with Gasteiger partial charge in [-0.1, -0.05) is 0 Å². The van der Waals surface area contributed by atoms with E-state index in [9.17, 15) is 0 Å². The summed E-state index contributed by atoms with van der Waals surface area (Å²) < 4.78 is 0. The quantitative estimate of drug-likeness (QED) is 0.253. The van der Waals surface area contributed by atoms with Gasteiger partial charge in [0.05, 0.1) is 0 Å². The van der Waals surface area contributed by atoms with E-state index in [2.05, 4.69) is 0 Å². The fourth-order valence-corrected chi connectivity index (χ4v) is 0. The molecular formula is Se5W2. The molecule has 0 atom stereocenters. The average molecular weight is 762 g/mol. The predicted octanol–water partition coefficient (Wildman–Crippen LogP) is -1.91. The van der Waals surface area contributed by atoms with Crippen molar-refractivity contribution in [1.29, 1.82) is 0 Å². The maximum Gasteiger partial charge on any atom is 0 e. The van der Waals surface area contributed by atoms with Crippen molar-refractivity contribution in [2.45, 2.75) is 0 Å². The first kappa shape index (κ1) is 69.1. The summed E-state index contributed by atoms with van der Waals surface area (Å²) in [6, 6.07) is 0. The van der Waals surface area contributed by atoms with E-state index in [1.54, 1.807) is 0 Å². The van der Waals surface area contributed by atoms with Crippen molar-refractivity contribution >= 4 is 85.3 Å². The van der Waals surface area contributed by atoms with E-state index in [1.165, 1.54) is 0 Å². The van der Waals surface area contributed by atoms with Gasteiger partial charge in [-0.05, 0) is 0 Å². The predicted molar refractivity (Wildman–Crippen MR) is 28.8 cm³/mol. The zero-order chi connectivity index (χ0) is 0. The summed E-state index contributed by atoms with van der Waals surface area (Å²) in [4.78, 5) is 0. The van der Waals surface area contributed by atoms with Crippen molar-refractivity contribution in [3.05, 3.63) is 0 Å². The van der Waals surface area contributed by atoms with Gasteiger partial charge in [0.25, 0.3) is 0 Å². The molecule has 0 N–H and O–H groups in total. The Morgan fingerprint density at radius 2 is 0.286 bits per heavy atom.